The maximum absolute atomic E-state index is 11.2. The predicted molar refractivity (Wildman–Crippen MR) is 95.0 cm³/mol. The lowest BCUT2D eigenvalue weighted by molar-refractivity contribution is -0.385. The van der Waals surface area contributed by atoms with E-state index >= 15 is 0 Å². The molecule has 0 radical (unpaired) electrons. The largest absolute Gasteiger partial charge is 0.493 e. The summed E-state index contributed by atoms with van der Waals surface area (Å²) in [6, 6.07) is 9.32. The van der Waals surface area contributed by atoms with Crippen LogP contribution in [0.15, 0.2) is 36.4 Å². The second-order valence-electron chi connectivity index (χ2n) is 5.04. The molecule has 134 valence electrons. The topological polar surface area (TPSA) is 87.9 Å². The molecule has 2 rings (SSSR count). The molecule has 7 heteroatoms. The Morgan fingerprint density at radius 3 is 2.46 bits per heavy atom. The van der Waals surface area contributed by atoms with E-state index in [0.717, 1.165) is 0 Å². The maximum atomic E-state index is 11.2. The van der Waals surface area contributed by atoms with Crippen LogP contribution in [-0.4, -0.2) is 32.0 Å². The highest BCUT2D eigenvalue weighted by Crippen LogP contribution is 2.29. The number of aldehydes is 1. The molecule has 0 bridgehead atoms. The third-order valence-corrected chi connectivity index (χ3v) is 3.45. The molecule has 0 saturated heterocycles. The molecule has 0 atom stereocenters. The number of nitrogens with zero attached hydrogens (tertiary/aromatic N) is 1. The van der Waals surface area contributed by atoms with Gasteiger partial charge in [-0.05, 0) is 12.1 Å². The zero-order valence-corrected chi connectivity index (χ0v) is 14.4. The molecule has 26 heavy (non-hydrogen) atoms. The van der Waals surface area contributed by atoms with Crippen LogP contribution in [0.1, 0.15) is 22.3 Å². The molecule has 0 spiro atoms. The predicted octanol–water partition coefficient (Wildman–Crippen LogP) is 3.25. The molecule has 0 aliphatic carbocycles. The summed E-state index contributed by atoms with van der Waals surface area (Å²) in [4.78, 5) is 21.6. The van der Waals surface area contributed by atoms with Crippen LogP contribution in [0.25, 0.3) is 0 Å². The van der Waals surface area contributed by atoms with E-state index in [-0.39, 0.29) is 18.0 Å². The van der Waals surface area contributed by atoms with Crippen LogP contribution in [0.3, 0.4) is 0 Å². The number of rotatable bonds is 7. The monoisotopic (exact) mass is 355 g/mol. The van der Waals surface area contributed by atoms with Gasteiger partial charge in [0.2, 0.25) is 0 Å². The summed E-state index contributed by atoms with van der Waals surface area (Å²) in [5.74, 6) is 6.88. The Morgan fingerprint density at radius 1 is 1.12 bits per heavy atom. The molecule has 0 aliphatic heterocycles. The summed E-state index contributed by atoms with van der Waals surface area (Å²) in [6.07, 6.45) is 1.02. The summed E-state index contributed by atoms with van der Waals surface area (Å²) in [5.41, 5.74) is 0.793. The Labute approximate surface area is 150 Å². The minimum Gasteiger partial charge on any atom is -0.493 e. The van der Waals surface area contributed by atoms with Gasteiger partial charge >= 0.3 is 5.69 Å². The molecule has 7 nitrogen and oxygen atoms in total. The van der Waals surface area contributed by atoms with Gasteiger partial charge in [-0.25, -0.2) is 0 Å². The Kier molecular flexibility index (Phi) is 6.57. The van der Waals surface area contributed by atoms with E-state index < -0.39 is 4.92 Å². The lowest BCUT2D eigenvalue weighted by Gasteiger charge is -2.09. The lowest BCUT2D eigenvalue weighted by Crippen LogP contribution is -1.99. The van der Waals surface area contributed by atoms with Crippen molar-refractivity contribution >= 4 is 12.0 Å². The van der Waals surface area contributed by atoms with Gasteiger partial charge in [0.1, 0.15) is 0 Å². The van der Waals surface area contributed by atoms with Crippen molar-refractivity contribution in [3.8, 4) is 29.1 Å². The SMILES string of the molecule is COc1cc(C#CCCOc2ccccc2[N+](=O)[O-])c(C=O)cc1OC. The summed E-state index contributed by atoms with van der Waals surface area (Å²) < 4.78 is 15.8. The van der Waals surface area contributed by atoms with Crippen molar-refractivity contribution in [1.82, 2.24) is 0 Å². The molecule has 0 aliphatic rings. The van der Waals surface area contributed by atoms with Gasteiger partial charge in [-0.15, -0.1) is 0 Å². The van der Waals surface area contributed by atoms with Gasteiger partial charge in [-0.1, -0.05) is 24.0 Å². The second-order valence-corrected chi connectivity index (χ2v) is 5.04. The first kappa shape index (κ1) is 18.8. The third-order valence-electron chi connectivity index (χ3n) is 3.45. The van der Waals surface area contributed by atoms with Crippen LogP contribution in [0.2, 0.25) is 0 Å². The van der Waals surface area contributed by atoms with Crippen LogP contribution in [0.4, 0.5) is 5.69 Å². The molecule has 0 saturated carbocycles. The number of carbonyl (C=O) groups excluding carboxylic acids is 1. The van der Waals surface area contributed by atoms with Crippen molar-refractivity contribution in [2.75, 3.05) is 20.8 Å². The number of carbonyl (C=O) groups is 1. The van der Waals surface area contributed by atoms with Crippen molar-refractivity contribution in [3.63, 3.8) is 0 Å². The molecule has 2 aromatic carbocycles. The van der Waals surface area contributed by atoms with Crippen LogP contribution in [-0.2, 0) is 0 Å². The number of nitro groups is 1. The Balaban J connectivity index is 2.07. The molecule has 0 aromatic heterocycles. The summed E-state index contributed by atoms with van der Waals surface area (Å²) in [6.45, 7) is 0.182. The number of hydrogen-bond acceptors (Lipinski definition) is 6. The van der Waals surface area contributed by atoms with Gasteiger partial charge in [-0.3, -0.25) is 14.9 Å². The van der Waals surface area contributed by atoms with Gasteiger partial charge in [0.25, 0.3) is 0 Å². The Bertz CT molecular complexity index is 866. The van der Waals surface area contributed by atoms with Crippen molar-refractivity contribution in [2.45, 2.75) is 6.42 Å². The van der Waals surface area contributed by atoms with Gasteiger partial charge in [-0.2, -0.15) is 0 Å². The van der Waals surface area contributed by atoms with E-state index in [0.29, 0.717) is 35.3 Å². The highest BCUT2D eigenvalue weighted by atomic mass is 16.6. The van der Waals surface area contributed by atoms with E-state index in [1.807, 2.05) is 0 Å². The number of ether oxygens (including phenoxy) is 3. The van der Waals surface area contributed by atoms with E-state index in [2.05, 4.69) is 11.8 Å². The first-order valence-electron chi connectivity index (χ1n) is 7.67. The molecule has 0 heterocycles. The second kappa shape index (κ2) is 9.08. The highest BCUT2D eigenvalue weighted by Gasteiger charge is 2.13. The number of benzene rings is 2. The fourth-order valence-electron chi connectivity index (χ4n) is 2.20. The van der Waals surface area contributed by atoms with Crippen molar-refractivity contribution in [2.24, 2.45) is 0 Å². The van der Waals surface area contributed by atoms with Crippen LogP contribution in [0.5, 0.6) is 17.2 Å². The number of methoxy groups -OCH3 is 2. The average Bonchev–Trinajstić information content (AvgIpc) is 2.67. The fourth-order valence-corrected chi connectivity index (χ4v) is 2.20. The van der Waals surface area contributed by atoms with Gasteiger partial charge in [0.15, 0.2) is 23.5 Å². The van der Waals surface area contributed by atoms with Crippen LogP contribution >= 0.6 is 0 Å². The zero-order chi connectivity index (χ0) is 18.9. The molecular formula is C19H17NO6. The molecule has 0 N–H and O–H groups in total. The highest BCUT2D eigenvalue weighted by molar-refractivity contribution is 5.81. The fraction of sp³-hybridized carbons (Fsp3) is 0.211. The first-order chi connectivity index (χ1) is 12.6. The quantitative estimate of drug-likeness (QED) is 0.249. The first-order valence-corrected chi connectivity index (χ1v) is 7.67. The molecule has 0 amide bonds. The van der Waals surface area contributed by atoms with E-state index in [1.165, 1.54) is 26.4 Å². The lowest BCUT2D eigenvalue weighted by atomic mass is 10.1. The Hall–Kier alpha value is -3.53. The zero-order valence-electron chi connectivity index (χ0n) is 14.4. The summed E-state index contributed by atoms with van der Waals surface area (Å²) in [5, 5.41) is 10.9. The molecular weight excluding hydrogens is 338 g/mol. The standard InChI is InChI=1S/C19H17NO6/c1-24-18-11-14(15(13-21)12-19(18)25-2)7-5-6-10-26-17-9-4-3-8-16(17)20(22)23/h3-4,8-9,11-13H,6,10H2,1-2H3. The van der Waals surface area contributed by atoms with E-state index in [1.54, 1.807) is 24.3 Å². The average molecular weight is 355 g/mol. The van der Waals surface area contributed by atoms with Crippen LogP contribution in [0, 0.1) is 22.0 Å². The summed E-state index contributed by atoms with van der Waals surface area (Å²) >= 11 is 0. The van der Waals surface area contributed by atoms with Crippen LogP contribution < -0.4 is 14.2 Å². The molecule has 0 unspecified atom stereocenters. The van der Waals surface area contributed by atoms with Crippen molar-refractivity contribution in [3.05, 3.63) is 57.6 Å². The van der Waals surface area contributed by atoms with E-state index in [9.17, 15) is 14.9 Å². The van der Waals surface area contributed by atoms with Gasteiger partial charge in [0.05, 0.1) is 25.7 Å². The van der Waals surface area contributed by atoms with E-state index in [4.69, 9.17) is 14.2 Å². The minimum atomic E-state index is -0.499. The number of hydrogen-bond donors (Lipinski definition) is 0. The minimum absolute atomic E-state index is 0.0939. The normalized spacial score (nSPS) is 9.62. The molecule has 0 fully saturated rings. The third kappa shape index (κ3) is 4.51. The summed E-state index contributed by atoms with van der Waals surface area (Å²) in [7, 11) is 2.98. The maximum Gasteiger partial charge on any atom is 0.310 e. The smallest absolute Gasteiger partial charge is 0.310 e. The van der Waals surface area contributed by atoms with Gasteiger partial charge in [0, 0.05) is 29.7 Å². The Morgan fingerprint density at radius 2 is 1.81 bits per heavy atom. The number of nitro benzene ring substituents is 1. The number of para-hydroxylation sites is 2. The van der Waals surface area contributed by atoms with Gasteiger partial charge < -0.3 is 14.2 Å². The van der Waals surface area contributed by atoms with Crippen molar-refractivity contribution in [1.29, 1.82) is 0 Å². The molecule has 2 aromatic rings. The van der Waals surface area contributed by atoms with Crippen molar-refractivity contribution < 1.29 is 23.9 Å².